The minimum Gasteiger partial charge on any atom is -0.508 e. The number of rotatable bonds is 10. The van der Waals surface area contributed by atoms with Crippen LogP contribution in [-0.4, -0.2) is 36.2 Å². The average molecular weight is 470 g/mol. The van der Waals surface area contributed by atoms with Crippen molar-refractivity contribution in [2.75, 3.05) is 26.2 Å². The maximum absolute atomic E-state index is 10.2. The van der Waals surface area contributed by atoms with Gasteiger partial charge < -0.3 is 14.7 Å². The number of phenols is 1. The van der Waals surface area contributed by atoms with Gasteiger partial charge in [0.15, 0.2) is 0 Å². The fraction of sp³-hybridized carbons (Fsp3) is 0.438. The van der Waals surface area contributed by atoms with E-state index in [2.05, 4.69) is 59.5 Å². The summed E-state index contributed by atoms with van der Waals surface area (Å²) in [6.07, 6.45) is 10.6. The van der Waals surface area contributed by atoms with Crippen LogP contribution in [0.5, 0.6) is 11.5 Å². The highest BCUT2D eigenvalue weighted by atomic mass is 16.5. The molecule has 5 rings (SSSR count). The van der Waals surface area contributed by atoms with Crippen molar-refractivity contribution in [1.29, 1.82) is 0 Å². The molecule has 1 fully saturated rings. The van der Waals surface area contributed by atoms with Crippen LogP contribution in [0.4, 0.5) is 0 Å². The lowest BCUT2D eigenvalue weighted by Crippen LogP contribution is -2.25. The Bertz CT molecular complexity index is 1060. The summed E-state index contributed by atoms with van der Waals surface area (Å²) in [6, 6.07) is 25.3. The third-order valence-electron chi connectivity index (χ3n) is 7.85. The first-order valence-corrected chi connectivity index (χ1v) is 13.6. The number of phenolic OH excluding ortho intramolecular Hbond substituents is 1. The van der Waals surface area contributed by atoms with Crippen molar-refractivity contribution in [2.45, 2.75) is 63.2 Å². The van der Waals surface area contributed by atoms with Gasteiger partial charge in [-0.05, 0) is 86.6 Å². The fourth-order valence-electron chi connectivity index (χ4n) is 5.90. The summed E-state index contributed by atoms with van der Waals surface area (Å²) < 4.78 is 6.13. The molecule has 0 radical (unpaired) electrons. The summed E-state index contributed by atoms with van der Waals surface area (Å²) in [6.45, 7) is 4.59. The summed E-state index contributed by atoms with van der Waals surface area (Å²) in [5.74, 6) is 1.56. The van der Waals surface area contributed by atoms with Gasteiger partial charge in [0.05, 0.1) is 6.61 Å². The molecule has 3 heteroatoms. The van der Waals surface area contributed by atoms with Gasteiger partial charge in [0, 0.05) is 17.4 Å². The molecule has 0 spiro atoms. The highest BCUT2D eigenvalue weighted by molar-refractivity contribution is 5.50. The molecule has 0 amide bonds. The fourth-order valence-corrected chi connectivity index (χ4v) is 5.90. The number of nitrogens with zero attached hydrogens (tertiary/aromatic N) is 1. The van der Waals surface area contributed by atoms with Crippen molar-refractivity contribution < 1.29 is 9.84 Å². The summed E-state index contributed by atoms with van der Waals surface area (Å²) in [7, 11) is 0. The second-order valence-corrected chi connectivity index (χ2v) is 10.3. The van der Waals surface area contributed by atoms with Crippen LogP contribution < -0.4 is 4.74 Å². The first-order valence-electron chi connectivity index (χ1n) is 13.6. The van der Waals surface area contributed by atoms with Crippen LogP contribution in [0, 0.1) is 0 Å². The van der Waals surface area contributed by atoms with Crippen molar-refractivity contribution >= 4 is 0 Å². The molecule has 3 aromatic rings. The minimum absolute atomic E-state index is 0.165. The molecule has 3 nitrogen and oxygen atoms in total. The Kier molecular flexibility index (Phi) is 8.05. The minimum atomic E-state index is 0.165. The van der Waals surface area contributed by atoms with E-state index in [1.807, 2.05) is 12.1 Å². The molecular weight excluding hydrogens is 430 g/mol. The van der Waals surface area contributed by atoms with Crippen LogP contribution in [0.1, 0.15) is 79.0 Å². The van der Waals surface area contributed by atoms with Gasteiger partial charge >= 0.3 is 0 Å². The third kappa shape index (κ3) is 6.08. The molecule has 1 saturated heterocycles. The number of likely N-dealkylation sites (tertiary alicyclic amines) is 1. The molecule has 3 aromatic carbocycles. The summed E-state index contributed by atoms with van der Waals surface area (Å²) in [5, 5.41) is 10.2. The molecule has 1 unspecified atom stereocenters. The molecule has 0 saturated carbocycles. The summed E-state index contributed by atoms with van der Waals surface area (Å²) in [4.78, 5) is 2.63. The maximum atomic E-state index is 10.2. The van der Waals surface area contributed by atoms with Crippen LogP contribution >= 0.6 is 0 Å². The van der Waals surface area contributed by atoms with Gasteiger partial charge in [0.25, 0.3) is 0 Å². The number of hydrogen-bond acceptors (Lipinski definition) is 3. The number of fused-ring (bicyclic) bond motifs is 1. The number of hydrogen-bond donors (Lipinski definition) is 1. The monoisotopic (exact) mass is 469 g/mol. The zero-order chi connectivity index (χ0) is 23.9. The molecule has 2 heterocycles. The first-order chi connectivity index (χ1) is 17.3. The Hall–Kier alpha value is -2.78. The van der Waals surface area contributed by atoms with E-state index in [1.165, 1.54) is 81.3 Å². The van der Waals surface area contributed by atoms with Crippen LogP contribution in [0.3, 0.4) is 0 Å². The molecule has 2 atom stereocenters. The molecule has 35 heavy (non-hydrogen) atoms. The summed E-state index contributed by atoms with van der Waals surface area (Å²) >= 11 is 0. The van der Waals surface area contributed by atoms with Gasteiger partial charge in [0.1, 0.15) is 11.5 Å². The van der Waals surface area contributed by atoms with Gasteiger partial charge in [-0.1, -0.05) is 73.9 Å². The predicted molar refractivity (Wildman–Crippen MR) is 144 cm³/mol. The Morgan fingerprint density at radius 3 is 2.31 bits per heavy atom. The van der Waals surface area contributed by atoms with Gasteiger partial charge in [-0.15, -0.1) is 0 Å². The van der Waals surface area contributed by atoms with E-state index in [0.29, 0.717) is 12.4 Å². The molecular formula is C32H39NO2. The maximum Gasteiger partial charge on any atom is 0.123 e. The Morgan fingerprint density at radius 1 is 0.771 bits per heavy atom. The van der Waals surface area contributed by atoms with Crippen LogP contribution in [0.25, 0.3) is 0 Å². The van der Waals surface area contributed by atoms with Crippen molar-refractivity contribution in [3.05, 3.63) is 95.1 Å². The van der Waals surface area contributed by atoms with Crippen molar-refractivity contribution in [1.82, 2.24) is 4.90 Å². The standard InChI is InChI=1S/C32H39NO2/c34-28-18-19-31-29(23-28)32(30(24-35-31)26-12-6-4-7-13-26)27-16-14-25(15-17-27)11-5-2-1-3-8-20-33-21-9-10-22-33/h4,6-7,12-19,23,30,32,34H,1-3,5,8-11,20-22,24H2/t30-,32?/m1/s1. The quantitative estimate of drug-likeness (QED) is 0.317. The van der Waals surface area contributed by atoms with Gasteiger partial charge in [-0.3, -0.25) is 0 Å². The predicted octanol–water partition coefficient (Wildman–Crippen LogP) is 7.29. The number of aromatic hydroxyl groups is 1. The van der Waals surface area contributed by atoms with Gasteiger partial charge in [-0.25, -0.2) is 0 Å². The van der Waals surface area contributed by atoms with Crippen molar-refractivity contribution in [2.24, 2.45) is 0 Å². The lowest BCUT2D eigenvalue weighted by Gasteiger charge is -2.34. The van der Waals surface area contributed by atoms with E-state index in [4.69, 9.17) is 4.74 Å². The Balaban J connectivity index is 1.20. The molecule has 0 aromatic heterocycles. The van der Waals surface area contributed by atoms with E-state index >= 15 is 0 Å². The van der Waals surface area contributed by atoms with Crippen molar-refractivity contribution in [3.63, 3.8) is 0 Å². The second kappa shape index (κ2) is 11.8. The average Bonchev–Trinajstić information content (AvgIpc) is 3.42. The van der Waals surface area contributed by atoms with E-state index in [9.17, 15) is 5.11 Å². The third-order valence-corrected chi connectivity index (χ3v) is 7.85. The Morgan fingerprint density at radius 2 is 1.51 bits per heavy atom. The SMILES string of the molecule is Oc1ccc2c(c1)C(c1ccc(CCCCCCCN3CCCC3)cc1)[C@@H](c1ccccc1)CO2. The van der Waals surface area contributed by atoms with Crippen LogP contribution in [-0.2, 0) is 6.42 Å². The topological polar surface area (TPSA) is 32.7 Å². The largest absolute Gasteiger partial charge is 0.508 e. The smallest absolute Gasteiger partial charge is 0.123 e. The van der Waals surface area contributed by atoms with Gasteiger partial charge in [-0.2, -0.15) is 0 Å². The molecule has 1 N–H and O–H groups in total. The normalized spacial score (nSPS) is 19.9. The second-order valence-electron chi connectivity index (χ2n) is 10.3. The zero-order valence-corrected chi connectivity index (χ0v) is 20.9. The lowest BCUT2D eigenvalue weighted by atomic mass is 9.75. The molecule has 0 bridgehead atoms. The van der Waals surface area contributed by atoms with Gasteiger partial charge in [0.2, 0.25) is 0 Å². The molecule has 2 aliphatic heterocycles. The molecule has 0 aliphatic carbocycles. The number of unbranched alkanes of at least 4 members (excludes halogenated alkanes) is 4. The van der Waals surface area contributed by atoms with Crippen molar-refractivity contribution in [3.8, 4) is 11.5 Å². The number of aryl methyl sites for hydroxylation is 1. The van der Waals surface area contributed by atoms with E-state index in [1.54, 1.807) is 6.07 Å². The van der Waals surface area contributed by atoms with Crippen LogP contribution in [0.15, 0.2) is 72.8 Å². The number of benzene rings is 3. The Labute approximate surface area is 210 Å². The highest BCUT2D eigenvalue weighted by Crippen LogP contribution is 2.47. The zero-order valence-electron chi connectivity index (χ0n) is 20.9. The van der Waals surface area contributed by atoms with E-state index in [0.717, 1.165) is 17.7 Å². The molecule has 184 valence electrons. The highest BCUT2D eigenvalue weighted by Gasteiger charge is 2.33. The summed E-state index contributed by atoms with van der Waals surface area (Å²) in [5.41, 5.74) is 5.07. The van der Waals surface area contributed by atoms with Crippen LogP contribution in [0.2, 0.25) is 0 Å². The van der Waals surface area contributed by atoms with E-state index in [-0.39, 0.29) is 11.8 Å². The lowest BCUT2D eigenvalue weighted by molar-refractivity contribution is 0.248. The van der Waals surface area contributed by atoms with E-state index < -0.39 is 0 Å². The first kappa shape index (κ1) is 23.9. The number of ether oxygens (including phenoxy) is 1. The molecule has 2 aliphatic rings.